The van der Waals surface area contributed by atoms with Gasteiger partial charge < -0.3 is 9.47 Å². The topological polar surface area (TPSA) is 18.5 Å². The van der Waals surface area contributed by atoms with Gasteiger partial charge in [-0.15, -0.1) is 0 Å². The molecule has 0 unspecified atom stereocenters. The molecule has 0 aliphatic heterocycles. The van der Waals surface area contributed by atoms with Crippen molar-refractivity contribution in [2.75, 3.05) is 13.2 Å². The number of ether oxygens (including phenoxy) is 2. The fourth-order valence-corrected chi connectivity index (χ4v) is 3.98. The molecule has 2 aromatic rings. The Hall–Kier alpha value is -1.64. The van der Waals surface area contributed by atoms with Crippen LogP contribution in [0.4, 0.5) is 0 Å². The summed E-state index contributed by atoms with van der Waals surface area (Å²) >= 11 is 0. The molecular weight excluding hydrogens is 284 g/mol. The second-order valence-corrected chi connectivity index (χ2v) is 6.89. The fourth-order valence-electron chi connectivity index (χ4n) is 3.98. The number of rotatable bonds is 8. The number of benzene rings is 2. The Kier molecular flexibility index (Phi) is 4.45. The molecule has 2 fully saturated rings. The molecule has 2 nitrogen and oxygen atoms in total. The lowest BCUT2D eigenvalue weighted by Gasteiger charge is -2.35. The normalized spacial score (nSPS) is 28.0. The van der Waals surface area contributed by atoms with E-state index in [9.17, 15) is 0 Å². The Morgan fingerprint density at radius 3 is 1.52 bits per heavy atom. The zero-order valence-corrected chi connectivity index (χ0v) is 13.4. The molecule has 2 saturated carbocycles. The Labute approximate surface area is 138 Å². The van der Waals surface area contributed by atoms with Gasteiger partial charge in [-0.05, 0) is 41.2 Å². The van der Waals surface area contributed by atoms with Crippen molar-refractivity contribution >= 4 is 0 Å². The summed E-state index contributed by atoms with van der Waals surface area (Å²) in [5.74, 6) is 3.24. The highest BCUT2D eigenvalue weighted by Crippen LogP contribution is 2.63. The Bertz CT molecular complexity index is 555. The molecule has 0 aromatic heterocycles. The molecule has 0 heterocycles. The summed E-state index contributed by atoms with van der Waals surface area (Å²) in [6.45, 7) is 3.23. The van der Waals surface area contributed by atoms with E-state index in [4.69, 9.17) is 9.47 Å². The third-order valence-corrected chi connectivity index (χ3v) is 5.38. The summed E-state index contributed by atoms with van der Waals surface area (Å²) in [5, 5.41) is 0. The quantitative estimate of drug-likeness (QED) is 0.724. The zero-order valence-electron chi connectivity index (χ0n) is 13.4. The number of hydrogen-bond donors (Lipinski definition) is 0. The molecule has 0 amide bonds. The summed E-state index contributed by atoms with van der Waals surface area (Å²) in [6, 6.07) is 20.9. The lowest BCUT2D eigenvalue weighted by Crippen LogP contribution is -2.36. The van der Waals surface area contributed by atoms with Crippen molar-refractivity contribution in [3.63, 3.8) is 0 Å². The van der Waals surface area contributed by atoms with Crippen molar-refractivity contribution in [1.82, 2.24) is 0 Å². The lowest BCUT2D eigenvalue weighted by atomic mass is 9.74. The minimum Gasteiger partial charge on any atom is -0.376 e. The molecule has 0 spiro atoms. The van der Waals surface area contributed by atoms with E-state index in [1.807, 2.05) is 12.1 Å². The zero-order chi connectivity index (χ0) is 15.5. The lowest BCUT2D eigenvalue weighted by molar-refractivity contribution is -0.0314. The molecule has 2 aliphatic rings. The largest absolute Gasteiger partial charge is 0.376 e. The highest BCUT2D eigenvalue weighted by Gasteiger charge is 2.60. The Balaban J connectivity index is 1.19. The standard InChI is InChI=1S/C21H24O2/c1-3-7-16(8-4-1)12-22-14-20-18-11-19(18)21(20)15-23-13-17-9-5-2-6-10-17/h1-10,18-21H,11-15H2/t18-,19+,20-,21-/m0/s1. The first-order chi connectivity index (χ1) is 11.4. The minimum atomic E-state index is 0.708. The Morgan fingerprint density at radius 1 is 0.652 bits per heavy atom. The van der Waals surface area contributed by atoms with E-state index in [0.29, 0.717) is 11.8 Å². The van der Waals surface area contributed by atoms with Gasteiger partial charge >= 0.3 is 0 Å². The van der Waals surface area contributed by atoms with Gasteiger partial charge in [-0.1, -0.05) is 60.7 Å². The number of hydrogen-bond acceptors (Lipinski definition) is 2. The van der Waals surface area contributed by atoms with Crippen LogP contribution in [0, 0.1) is 23.7 Å². The maximum Gasteiger partial charge on any atom is 0.0717 e. The van der Waals surface area contributed by atoms with Gasteiger partial charge in [0.1, 0.15) is 0 Å². The maximum absolute atomic E-state index is 5.96. The second-order valence-electron chi connectivity index (χ2n) is 6.89. The van der Waals surface area contributed by atoms with Crippen LogP contribution in [0.15, 0.2) is 60.7 Å². The van der Waals surface area contributed by atoms with Crippen LogP contribution < -0.4 is 0 Å². The molecule has 0 bridgehead atoms. The van der Waals surface area contributed by atoms with Gasteiger partial charge in [0.25, 0.3) is 0 Å². The van der Waals surface area contributed by atoms with E-state index in [0.717, 1.165) is 38.3 Å². The van der Waals surface area contributed by atoms with Gasteiger partial charge in [-0.3, -0.25) is 0 Å². The highest BCUT2D eigenvalue weighted by atomic mass is 16.5. The van der Waals surface area contributed by atoms with Crippen molar-refractivity contribution < 1.29 is 9.47 Å². The molecule has 4 atom stereocenters. The molecule has 0 radical (unpaired) electrons. The van der Waals surface area contributed by atoms with Crippen molar-refractivity contribution in [2.45, 2.75) is 19.6 Å². The Morgan fingerprint density at radius 2 is 1.09 bits per heavy atom. The maximum atomic E-state index is 5.96. The van der Waals surface area contributed by atoms with Crippen LogP contribution in [0.1, 0.15) is 17.5 Å². The second kappa shape index (κ2) is 6.86. The summed E-state index contributed by atoms with van der Waals surface area (Å²) < 4.78 is 11.9. The van der Waals surface area contributed by atoms with Gasteiger partial charge in [-0.2, -0.15) is 0 Å². The molecule has 2 heteroatoms. The van der Waals surface area contributed by atoms with Crippen molar-refractivity contribution in [3.8, 4) is 0 Å². The van der Waals surface area contributed by atoms with Crippen LogP contribution >= 0.6 is 0 Å². The van der Waals surface area contributed by atoms with E-state index < -0.39 is 0 Å². The van der Waals surface area contributed by atoms with Gasteiger partial charge in [0.05, 0.1) is 26.4 Å². The van der Waals surface area contributed by atoms with Crippen molar-refractivity contribution in [3.05, 3.63) is 71.8 Å². The van der Waals surface area contributed by atoms with Gasteiger partial charge in [0.2, 0.25) is 0 Å². The summed E-state index contributed by atoms with van der Waals surface area (Å²) in [5.41, 5.74) is 2.52. The molecule has 120 valence electrons. The van der Waals surface area contributed by atoms with E-state index in [-0.39, 0.29) is 0 Å². The fraction of sp³-hybridized carbons (Fsp3) is 0.429. The van der Waals surface area contributed by atoms with Crippen molar-refractivity contribution in [1.29, 1.82) is 0 Å². The first kappa shape index (κ1) is 14.9. The van der Waals surface area contributed by atoms with E-state index in [1.54, 1.807) is 0 Å². The smallest absolute Gasteiger partial charge is 0.0717 e. The molecule has 4 rings (SSSR count). The first-order valence-corrected chi connectivity index (χ1v) is 8.65. The van der Waals surface area contributed by atoms with Crippen LogP contribution in [0.5, 0.6) is 0 Å². The SMILES string of the molecule is c1ccc(COC[C@@H]2[C@@H](COCc3ccccc3)[C@@H]3C[C@H]23)cc1. The third-order valence-electron chi connectivity index (χ3n) is 5.38. The van der Waals surface area contributed by atoms with E-state index in [1.165, 1.54) is 17.5 Å². The van der Waals surface area contributed by atoms with Gasteiger partial charge in [0, 0.05) is 0 Å². The predicted molar refractivity (Wildman–Crippen MR) is 90.8 cm³/mol. The van der Waals surface area contributed by atoms with Gasteiger partial charge in [-0.25, -0.2) is 0 Å². The first-order valence-electron chi connectivity index (χ1n) is 8.65. The average Bonchev–Trinajstić information content (AvgIpc) is 3.32. The summed E-state index contributed by atoms with van der Waals surface area (Å²) in [4.78, 5) is 0. The van der Waals surface area contributed by atoms with Crippen LogP contribution in [0.25, 0.3) is 0 Å². The molecule has 2 aromatic carbocycles. The third kappa shape index (κ3) is 3.49. The average molecular weight is 308 g/mol. The summed E-state index contributed by atoms with van der Waals surface area (Å²) in [6.07, 6.45) is 1.39. The highest BCUT2D eigenvalue weighted by molar-refractivity contribution is 5.14. The van der Waals surface area contributed by atoms with Gasteiger partial charge in [0.15, 0.2) is 0 Å². The van der Waals surface area contributed by atoms with Crippen molar-refractivity contribution in [2.24, 2.45) is 23.7 Å². The molecule has 0 saturated heterocycles. The summed E-state index contributed by atoms with van der Waals surface area (Å²) in [7, 11) is 0. The van der Waals surface area contributed by atoms with Crippen LogP contribution in [-0.2, 0) is 22.7 Å². The molecule has 0 N–H and O–H groups in total. The molecule has 2 aliphatic carbocycles. The van der Waals surface area contributed by atoms with E-state index in [2.05, 4.69) is 48.5 Å². The molecule has 23 heavy (non-hydrogen) atoms. The number of fused-ring (bicyclic) bond motifs is 1. The van der Waals surface area contributed by atoms with Crippen LogP contribution in [0.3, 0.4) is 0 Å². The van der Waals surface area contributed by atoms with E-state index >= 15 is 0 Å². The van der Waals surface area contributed by atoms with Crippen LogP contribution in [0.2, 0.25) is 0 Å². The predicted octanol–water partition coefficient (Wildman–Crippen LogP) is 4.30. The van der Waals surface area contributed by atoms with Crippen LogP contribution in [-0.4, -0.2) is 13.2 Å². The minimum absolute atomic E-state index is 0.708. The monoisotopic (exact) mass is 308 g/mol. The molecular formula is C21H24O2.